The molecule has 0 unspecified atom stereocenters. The maximum Gasteiger partial charge on any atom is 0.339 e. The van der Waals surface area contributed by atoms with E-state index >= 15 is 0 Å². The predicted octanol–water partition coefficient (Wildman–Crippen LogP) is 2.30. The van der Waals surface area contributed by atoms with Crippen molar-refractivity contribution in [2.75, 3.05) is 5.32 Å². The largest absolute Gasteiger partial charge is 0.478 e. The highest BCUT2D eigenvalue weighted by molar-refractivity contribution is 6.34. The first-order valence-electron chi connectivity index (χ1n) is 6.08. The molecular formula is C13H12ClN3O4. The Kier molecular flexibility index (Phi) is 4.54. The Balaban J connectivity index is 2.03. The van der Waals surface area contributed by atoms with E-state index in [0.717, 1.165) is 0 Å². The first-order chi connectivity index (χ1) is 9.97. The zero-order valence-corrected chi connectivity index (χ0v) is 11.8. The SMILES string of the molecule is Cc1noc(CCC(=O)Nc2cccc(Cl)c2C(=O)O)n1. The summed E-state index contributed by atoms with van der Waals surface area (Å²) in [6, 6.07) is 4.48. The van der Waals surface area contributed by atoms with E-state index in [-0.39, 0.29) is 35.0 Å². The van der Waals surface area contributed by atoms with E-state index in [1.165, 1.54) is 12.1 Å². The van der Waals surface area contributed by atoms with Crippen molar-refractivity contribution in [3.63, 3.8) is 0 Å². The lowest BCUT2D eigenvalue weighted by Gasteiger charge is -2.09. The van der Waals surface area contributed by atoms with E-state index in [4.69, 9.17) is 21.2 Å². The third-order valence-electron chi connectivity index (χ3n) is 2.64. The molecule has 0 bridgehead atoms. The van der Waals surface area contributed by atoms with Gasteiger partial charge in [0, 0.05) is 12.8 Å². The second-order valence-corrected chi connectivity index (χ2v) is 4.66. The maximum absolute atomic E-state index is 11.8. The molecule has 1 heterocycles. The summed E-state index contributed by atoms with van der Waals surface area (Å²) in [5.74, 6) is -0.723. The fourth-order valence-electron chi connectivity index (χ4n) is 1.72. The van der Waals surface area contributed by atoms with Crippen molar-refractivity contribution < 1.29 is 19.2 Å². The summed E-state index contributed by atoms with van der Waals surface area (Å²) in [5.41, 5.74) is 0.0165. The number of hydrogen-bond acceptors (Lipinski definition) is 5. The lowest BCUT2D eigenvalue weighted by atomic mass is 10.1. The van der Waals surface area contributed by atoms with Gasteiger partial charge < -0.3 is 14.9 Å². The van der Waals surface area contributed by atoms with Crippen molar-refractivity contribution in [2.45, 2.75) is 19.8 Å². The summed E-state index contributed by atoms with van der Waals surface area (Å²) >= 11 is 5.82. The van der Waals surface area contributed by atoms with Crippen LogP contribution in [0.1, 0.15) is 28.5 Å². The molecule has 110 valence electrons. The standard InChI is InChI=1S/C13H12ClN3O4/c1-7-15-11(21-17-7)6-5-10(18)16-9-4-2-3-8(14)12(9)13(19)20/h2-4H,5-6H2,1H3,(H,16,18)(H,19,20). The van der Waals surface area contributed by atoms with Crippen LogP contribution < -0.4 is 5.32 Å². The Morgan fingerprint density at radius 1 is 1.43 bits per heavy atom. The lowest BCUT2D eigenvalue weighted by Crippen LogP contribution is -2.15. The number of carboxylic acid groups (broad SMARTS) is 1. The molecule has 2 rings (SSSR count). The number of aromatic nitrogens is 2. The summed E-state index contributed by atoms with van der Waals surface area (Å²) in [5, 5.41) is 15.3. The molecule has 2 aromatic rings. The second kappa shape index (κ2) is 6.36. The summed E-state index contributed by atoms with van der Waals surface area (Å²) in [6.45, 7) is 1.68. The number of aromatic carboxylic acids is 1. The number of rotatable bonds is 5. The van der Waals surface area contributed by atoms with Gasteiger partial charge in [-0.25, -0.2) is 4.79 Å². The minimum atomic E-state index is -1.21. The molecule has 8 heteroatoms. The van der Waals surface area contributed by atoms with Gasteiger partial charge in [-0.1, -0.05) is 22.8 Å². The van der Waals surface area contributed by atoms with Gasteiger partial charge in [-0.3, -0.25) is 4.79 Å². The summed E-state index contributed by atoms with van der Waals surface area (Å²) in [6.07, 6.45) is 0.364. The smallest absolute Gasteiger partial charge is 0.339 e. The number of benzene rings is 1. The third-order valence-corrected chi connectivity index (χ3v) is 2.95. The highest BCUT2D eigenvalue weighted by Crippen LogP contribution is 2.24. The van der Waals surface area contributed by atoms with Gasteiger partial charge in [-0.05, 0) is 19.1 Å². The fraction of sp³-hybridized carbons (Fsp3) is 0.231. The average Bonchev–Trinajstić information content (AvgIpc) is 2.82. The van der Waals surface area contributed by atoms with Crippen LogP contribution >= 0.6 is 11.6 Å². The second-order valence-electron chi connectivity index (χ2n) is 4.25. The third kappa shape index (κ3) is 3.79. The number of amides is 1. The first kappa shape index (κ1) is 15.0. The van der Waals surface area contributed by atoms with Gasteiger partial charge in [0.15, 0.2) is 5.82 Å². The van der Waals surface area contributed by atoms with Crippen LogP contribution in [0, 0.1) is 6.92 Å². The topological polar surface area (TPSA) is 105 Å². The minimum Gasteiger partial charge on any atom is -0.478 e. The van der Waals surface area contributed by atoms with Crippen molar-refractivity contribution in [1.29, 1.82) is 0 Å². The Morgan fingerprint density at radius 3 is 2.81 bits per heavy atom. The summed E-state index contributed by atoms with van der Waals surface area (Å²) < 4.78 is 4.89. The fourth-order valence-corrected chi connectivity index (χ4v) is 1.98. The van der Waals surface area contributed by atoms with Crippen LogP contribution in [0.15, 0.2) is 22.7 Å². The molecule has 21 heavy (non-hydrogen) atoms. The van der Waals surface area contributed by atoms with Crippen LogP contribution in [0.5, 0.6) is 0 Å². The highest BCUT2D eigenvalue weighted by atomic mass is 35.5. The number of aryl methyl sites for hydroxylation is 2. The Morgan fingerprint density at radius 2 is 2.19 bits per heavy atom. The van der Waals surface area contributed by atoms with E-state index in [9.17, 15) is 9.59 Å². The molecule has 7 nitrogen and oxygen atoms in total. The van der Waals surface area contributed by atoms with Gasteiger partial charge in [-0.2, -0.15) is 4.98 Å². The molecule has 1 aromatic heterocycles. The van der Waals surface area contributed by atoms with Crippen molar-refractivity contribution in [3.05, 3.63) is 40.5 Å². The quantitative estimate of drug-likeness (QED) is 0.878. The van der Waals surface area contributed by atoms with Gasteiger partial charge in [0.2, 0.25) is 11.8 Å². The van der Waals surface area contributed by atoms with E-state index in [1.54, 1.807) is 13.0 Å². The molecule has 0 spiro atoms. The van der Waals surface area contributed by atoms with Gasteiger partial charge in [0.25, 0.3) is 0 Å². The number of carbonyl (C=O) groups is 2. The lowest BCUT2D eigenvalue weighted by molar-refractivity contribution is -0.116. The molecule has 0 saturated heterocycles. The number of carbonyl (C=O) groups excluding carboxylic acids is 1. The number of nitrogens with zero attached hydrogens (tertiary/aromatic N) is 2. The Bertz CT molecular complexity index is 684. The minimum absolute atomic E-state index is 0.0628. The molecule has 0 aliphatic heterocycles. The molecule has 0 saturated carbocycles. The van der Waals surface area contributed by atoms with Crippen molar-refractivity contribution in [3.8, 4) is 0 Å². The van der Waals surface area contributed by atoms with E-state index in [2.05, 4.69) is 15.5 Å². The predicted molar refractivity (Wildman–Crippen MR) is 74.4 cm³/mol. The van der Waals surface area contributed by atoms with Crippen molar-refractivity contribution in [2.24, 2.45) is 0 Å². The van der Waals surface area contributed by atoms with Crippen LogP contribution in [0.3, 0.4) is 0 Å². The molecule has 0 fully saturated rings. The molecule has 2 N–H and O–H groups in total. The monoisotopic (exact) mass is 309 g/mol. The van der Waals surface area contributed by atoms with Crippen LogP contribution in [0.25, 0.3) is 0 Å². The zero-order chi connectivity index (χ0) is 15.4. The van der Waals surface area contributed by atoms with E-state index in [1.807, 2.05) is 0 Å². The van der Waals surface area contributed by atoms with Crippen LogP contribution in [-0.4, -0.2) is 27.1 Å². The van der Waals surface area contributed by atoms with Crippen molar-refractivity contribution >= 4 is 29.2 Å². The molecule has 0 aliphatic carbocycles. The van der Waals surface area contributed by atoms with Gasteiger partial charge in [0.1, 0.15) is 5.56 Å². The molecule has 1 amide bonds. The van der Waals surface area contributed by atoms with Gasteiger partial charge in [-0.15, -0.1) is 0 Å². The maximum atomic E-state index is 11.8. The Hall–Kier alpha value is -2.41. The number of halogens is 1. The van der Waals surface area contributed by atoms with Gasteiger partial charge in [0.05, 0.1) is 10.7 Å². The average molecular weight is 310 g/mol. The van der Waals surface area contributed by atoms with E-state index in [0.29, 0.717) is 11.7 Å². The van der Waals surface area contributed by atoms with Crippen molar-refractivity contribution in [1.82, 2.24) is 10.1 Å². The molecular weight excluding hydrogens is 298 g/mol. The summed E-state index contributed by atoms with van der Waals surface area (Å²) in [7, 11) is 0. The highest BCUT2D eigenvalue weighted by Gasteiger charge is 2.16. The molecule has 1 aromatic carbocycles. The molecule has 0 radical (unpaired) electrons. The number of nitrogens with one attached hydrogen (secondary N) is 1. The molecule has 0 atom stereocenters. The van der Waals surface area contributed by atoms with Crippen LogP contribution in [-0.2, 0) is 11.2 Å². The Labute approximate surface area is 124 Å². The zero-order valence-electron chi connectivity index (χ0n) is 11.1. The van der Waals surface area contributed by atoms with Gasteiger partial charge >= 0.3 is 5.97 Å². The number of carboxylic acids is 1. The summed E-state index contributed by atoms with van der Waals surface area (Å²) in [4.78, 5) is 27.0. The first-order valence-corrected chi connectivity index (χ1v) is 6.46. The molecule has 0 aliphatic rings. The van der Waals surface area contributed by atoms with Crippen LogP contribution in [0.4, 0.5) is 5.69 Å². The van der Waals surface area contributed by atoms with E-state index < -0.39 is 5.97 Å². The van der Waals surface area contributed by atoms with Crippen LogP contribution in [0.2, 0.25) is 5.02 Å². The number of anilines is 1. The number of hydrogen-bond donors (Lipinski definition) is 2. The normalized spacial score (nSPS) is 10.4.